The summed E-state index contributed by atoms with van der Waals surface area (Å²) in [5.74, 6) is 1.52. The first-order valence-corrected chi connectivity index (χ1v) is 11.1. The summed E-state index contributed by atoms with van der Waals surface area (Å²) >= 11 is 3.36. The molecule has 1 amide bonds. The molecule has 0 bridgehead atoms. The first-order chi connectivity index (χ1) is 16.9. The van der Waals surface area contributed by atoms with Crippen molar-refractivity contribution < 1.29 is 28.3 Å². The maximum absolute atomic E-state index is 12.7. The number of rotatable bonds is 9. The van der Waals surface area contributed by atoms with Crippen LogP contribution in [0.2, 0.25) is 0 Å². The molecule has 0 aliphatic rings. The van der Waals surface area contributed by atoms with Crippen LogP contribution >= 0.6 is 15.9 Å². The van der Waals surface area contributed by atoms with Crippen molar-refractivity contribution in [2.75, 3.05) is 12.4 Å². The van der Waals surface area contributed by atoms with Gasteiger partial charge in [-0.1, -0.05) is 28.1 Å². The smallest absolute Gasteiger partial charge is 0.291 e. The summed E-state index contributed by atoms with van der Waals surface area (Å²) < 4.78 is 23.2. The maximum Gasteiger partial charge on any atom is 0.291 e. The number of nitro groups is 1. The highest BCUT2D eigenvalue weighted by Crippen LogP contribution is 2.34. The average Bonchev–Trinajstić information content (AvgIpc) is 3.33. The number of nitro benzene ring substituents is 1. The van der Waals surface area contributed by atoms with E-state index in [9.17, 15) is 14.9 Å². The SMILES string of the molecule is COc1ccccc1Oc1cc(NC(=O)c2ccc(COc3ccc(Br)cc3)o2)cc([N+](=O)[O-])c1. The third-order valence-electron chi connectivity index (χ3n) is 4.74. The number of ether oxygens (including phenoxy) is 3. The topological polar surface area (TPSA) is 113 Å². The fourth-order valence-corrected chi connectivity index (χ4v) is 3.37. The summed E-state index contributed by atoms with van der Waals surface area (Å²) in [5.41, 5.74) is -0.0890. The molecule has 0 aliphatic heterocycles. The van der Waals surface area contributed by atoms with Crippen LogP contribution in [0.25, 0.3) is 0 Å². The summed E-state index contributed by atoms with van der Waals surface area (Å²) in [4.78, 5) is 23.6. The lowest BCUT2D eigenvalue weighted by Gasteiger charge is -2.11. The van der Waals surface area contributed by atoms with Gasteiger partial charge in [-0.05, 0) is 48.5 Å². The van der Waals surface area contributed by atoms with Crippen LogP contribution in [-0.4, -0.2) is 17.9 Å². The summed E-state index contributed by atoms with van der Waals surface area (Å²) in [6.45, 7) is 0.128. The number of carbonyl (C=O) groups is 1. The van der Waals surface area contributed by atoms with Gasteiger partial charge in [0.15, 0.2) is 17.3 Å². The fourth-order valence-electron chi connectivity index (χ4n) is 3.11. The van der Waals surface area contributed by atoms with E-state index < -0.39 is 10.8 Å². The fraction of sp³-hybridized carbons (Fsp3) is 0.0800. The van der Waals surface area contributed by atoms with E-state index >= 15 is 0 Å². The molecule has 178 valence electrons. The van der Waals surface area contributed by atoms with Crippen molar-refractivity contribution in [3.63, 3.8) is 0 Å². The Morgan fingerprint density at radius 2 is 1.74 bits per heavy atom. The number of hydrogen-bond acceptors (Lipinski definition) is 7. The number of para-hydroxylation sites is 2. The monoisotopic (exact) mass is 538 g/mol. The molecule has 9 nitrogen and oxygen atoms in total. The number of benzene rings is 3. The standard InChI is InChI=1S/C25H19BrN2O7/c1-32-22-4-2-3-5-23(22)35-21-13-17(12-18(14-21)28(30)31)27-25(29)24-11-10-20(34-24)15-33-19-8-6-16(26)7-9-19/h2-14H,15H2,1H3,(H,27,29). The number of halogens is 1. The quantitative estimate of drug-likeness (QED) is 0.189. The second-order valence-corrected chi connectivity index (χ2v) is 8.10. The number of hydrogen-bond donors (Lipinski definition) is 1. The molecule has 0 radical (unpaired) electrons. The van der Waals surface area contributed by atoms with Gasteiger partial charge >= 0.3 is 0 Å². The summed E-state index contributed by atoms with van der Waals surface area (Å²) in [7, 11) is 1.49. The first kappa shape index (κ1) is 23.8. The Morgan fingerprint density at radius 3 is 2.46 bits per heavy atom. The van der Waals surface area contributed by atoms with Crippen LogP contribution in [0.4, 0.5) is 11.4 Å². The highest BCUT2D eigenvalue weighted by atomic mass is 79.9. The van der Waals surface area contributed by atoms with Crippen LogP contribution in [0.1, 0.15) is 16.3 Å². The molecule has 4 aromatic rings. The molecule has 1 heterocycles. The lowest BCUT2D eigenvalue weighted by atomic mass is 10.2. The zero-order valence-corrected chi connectivity index (χ0v) is 20.0. The molecule has 0 aliphatic carbocycles. The molecule has 10 heteroatoms. The largest absolute Gasteiger partial charge is 0.493 e. The Morgan fingerprint density at radius 1 is 1.00 bits per heavy atom. The molecule has 0 spiro atoms. The molecule has 4 rings (SSSR count). The van der Waals surface area contributed by atoms with E-state index in [0.717, 1.165) is 4.47 Å². The third-order valence-corrected chi connectivity index (χ3v) is 5.27. The zero-order chi connectivity index (χ0) is 24.8. The second kappa shape index (κ2) is 10.7. The number of methoxy groups -OCH3 is 1. The molecule has 1 aromatic heterocycles. The highest BCUT2D eigenvalue weighted by molar-refractivity contribution is 9.10. The van der Waals surface area contributed by atoms with E-state index in [-0.39, 0.29) is 29.5 Å². The maximum atomic E-state index is 12.7. The van der Waals surface area contributed by atoms with Gasteiger partial charge in [0.2, 0.25) is 0 Å². The van der Waals surface area contributed by atoms with Crippen LogP contribution in [0.5, 0.6) is 23.0 Å². The summed E-state index contributed by atoms with van der Waals surface area (Å²) in [5, 5.41) is 14.0. The van der Waals surface area contributed by atoms with Crippen LogP contribution in [0.15, 0.2) is 87.8 Å². The minimum Gasteiger partial charge on any atom is -0.493 e. The van der Waals surface area contributed by atoms with E-state index in [1.807, 2.05) is 12.1 Å². The number of non-ortho nitro benzene ring substituents is 1. The van der Waals surface area contributed by atoms with Gasteiger partial charge < -0.3 is 23.9 Å². The van der Waals surface area contributed by atoms with Gasteiger partial charge in [0.05, 0.1) is 23.8 Å². The molecule has 0 fully saturated rings. The van der Waals surface area contributed by atoms with Gasteiger partial charge in [-0.3, -0.25) is 14.9 Å². The van der Waals surface area contributed by atoms with E-state index in [0.29, 0.717) is 23.0 Å². The van der Waals surface area contributed by atoms with Crippen molar-refractivity contribution in [1.29, 1.82) is 0 Å². The number of amides is 1. The molecule has 0 atom stereocenters. The van der Waals surface area contributed by atoms with Crippen molar-refractivity contribution in [2.45, 2.75) is 6.61 Å². The van der Waals surface area contributed by atoms with Crippen LogP contribution in [-0.2, 0) is 6.61 Å². The lowest BCUT2D eigenvalue weighted by Crippen LogP contribution is -2.11. The second-order valence-electron chi connectivity index (χ2n) is 7.19. The summed E-state index contributed by atoms with van der Waals surface area (Å²) in [6, 6.07) is 21.2. The molecule has 0 saturated carbocycles. The number of nitrogens with one attached hydrogen (secondary N) is 1. The van der Waals surface area contributed by atoms with E-state index in [1.165, 1.54) is 31.4 Å². The Balaban J connectivity index is 1.47. The molecular weight excluding hydrogens is 520 g/mol. The molecule has 1 N–H and O–H groups in total. The van der Waals surface area contributed by atoms with Crippen molar-refractivity contribution in [2.24, 2.45) is 0 Å². The van der Waals surface area contributed by atoms with Gasteiger partial charge in [-0.2, -0.15) is 0 Å². The zero-order valence-electron chi connectivity index (χ0n) is 18.4. The first-order valence-electron chi connectivity index (χ1n) is 10.3. The lowest BCUT2D eigenvalue weighted by molar-refractivity contribution is -0.384. The number of furan rings is 1. The van der Waals surface area contributed by atoms with Gasteiger partial charge in [0.25, 0.3) is 11.6 Å². The predicted molar refractivity (Wildman–Crippen MR) is 131 cm³/mol. The average molecular weight is 539 g/mol. The molecular formula is C25H19BrN2O7. The molecule has 35 heavy (non-hydrogen) atoms. The Bertz CT molecular complexity index is 1350. The molecule has 0 unspecified atom stereocenters. The Kier molecular flexibility index (Phi) is 7.32. The van der Waals surface area contributed by atoms with Crippen LogP contribution in [0, 0.1) is 10.1 Å². The van der Waals surface area contributed by atoms with Crippen LogP contribution < -0.4 is 19.5 Å². The normalized spacial score (nSPS) is 10.5. The molecule has 3 aromatic carbocycles. The number of anilines is 1. The Labute approximate surface area is 208 Å². The predicted octanol–water partition coefficient (Wildman–Crippen LogP) is 6.58. The van der Waals surface area contributed by atoms with Gasteiger partial charge in [0.1, 0.15) is 23.9 Å². The van der Waals surface area contributed by atoms with E-state index in [1.54, 1.807) is 42.5 Å². The molecule has 0 saturated heterocycles. The number of nitrogens with zero attached hydrogens (tertiary/aromatic N) is 1. The summed E-state index contributed by atoms with van der Waals surface area (Å²) in [6.07, 6.45) is 0. The van der Waals surface area contributed by atoms with Gasteiger partial charge in [0, 0.05) is 16.6 Å². The number of carbonyl (C=O) groups excluding carboxylic acids is 1. The van der Waals surface area contributed by atoms with Crippen molar-refractivity contribution in [1.82, 2.24) is 0 Å². The van der Waals surface area contributed by atoms with E-state index in [2.05, 4.69) is 21.2 Å². The van der Waals surface area contributed by atoms with Gasteiger partial charge in [-0.25, -0.2) is 0 Å². The minimum absolute atomic E-state index is 0.0260. The van der Waals surface area contributed by atoms with Crippen molar-refractivity contribution in [3.05, 3.63) is 105 Å². The minimum atomic E-state index is -0.580. The van der Waals surface area contributed by atoms with E-state index in [4.69, 9.17) is 18.6 Å². The van der Waals surface area contributed by atoms with Gasteiger partial charge in [-0.15, -0.1) is 0 Å². The van der Waals surface area contributed by atoms with Crippen molar-refractivity contribution >= 4 is 33.2 Å². The highest BCUT2D eigenvalue weighted by Gasteiger charge is 2.17. The third kappa shape index (κ3) is 6.18. The van der Waals surface area contributed by atoms with Crippen LogP contribution in [0.3, 0.4) is 0 Å². The Hall–Kier alpha value is -4.31. The van der Waals surface area contributed by atoms with Crippen molar-refractivity contribution in [3.8, 4) is 23.0 Å².